The molecule has 2 rings (SSSR count). The van der Waals surface area contributed by atoms with Crippen molar-refractivity contribution in [2.75, 3.05) is 6.54 Å². The number of aryl methyl sites for hydroxylation is 4. The van der Waals surface area contributed by atoms with Crippen molar-refractivity contribution in [1.82, 2.24) is 5.32 Å². The van der Waals surface area contributed by atoms with Gasteiger partial charge in [0, 0.05) is 6.54 Å². The molecule has 0 bridgehead atoms. The lowest BCUT2D eigenvalue weighted by Gasteiger charge is -2.11. The Hall–Kier alpha value is -1.60. The van der Waals surface area contributed by atoms with Crippen LogP contribution in [0, 0.1) is 27.7 Å². The van der Waals surface area contributed by atoms with Gasteiger partial charge in [-0.1, -0.05) is 42.0 Å². The molecule has 0 saturated heterocycles. The summed E-state index contributed by atoms with van der Waals surface area (Å²) < 4.78 is 0. The minimum Gasteiger partial charge on any atom is -0.312 e. The predicted molar refractivity (Wildman–Crippen MR) is 87.2 cm³/mol. The first-order valence-corrected chi connectivity index (χ1v) is 7.39. The zero-order valence-corrected chi connectivity index (χ0v) is 13.1. The lowest BCUT2D eigenvalue weighted by atomic mass is 10.0. The first-order valence-electron chi connectivity index (χ1n) is 7.39. The molecule has 0 aliphatic rings. The first-order chi connectivity index (χ1) is 9.56. The summed E-state index contributed by atoms with van der Waals surface area (Å²) in [4.78, 5) is 0. The zero-order chi connectivity index (χ0) is 14.5. The Balaban J connectivity index is 1.86. The highest BCUT2D eigenvalue weighted by Crippen LogP contribution is 2.15. The highest BCUT2D eigenvalue weighted by Gasteiger charge is 2.01. The third-order valence-corrected chi connectivity index (χ3v) is 3.94. The van der Waals surface area contributed by atoms with Crippen molar-refractivity contribution >= 4 is 0 Å². The molecule has 0 fully saturated rings. The molecule has 0 aliphatic carbocycles. The SMILES string of the molecule is Cc1cccc(CCNCc2cc(C)c(C)cc2C)c1. The van der Waals surface area contributed by atoms with E-state index in [2.05, 4.69) is 69.4 Å². The van der Waals surface area contributed by atoms with E-state index < -0.39 is 0 Å². The molecule has 2 aromatic carbocycles. The van der Waals surface area contributed by atoms with Crippen molar-refractivity contribution in [2.24, 2.45) is 0 Å². The summed E-state index contributed by atoms with van der Waals surface area (Å²) in [7, 11) is 0. The van der Waals surface area contributed by atoms with Gasteiger partial charge in [0.1, 0.15) is 0 Å². The van der Waals surface area contributed by atoms with Crippen LogP contribution in [0.3, 0.4) is 0 Å². The maximum atomic E-state index is 3.56. The fourth-order valence-corrected chi connectivity index (χ4v) is 2.53. The Labute approximate surface area is 123 Å². The second kappa shape index (κ2) is 6.71. The second-order valence-electron chi connectivity index (χ2n) is 5.78. The largest absolute Gasteiger partial charge is 0.312 e. The molecule has 0 heterocycles. The summed E-state index contributed by atoms with van der Waals surface area (Å²) in [5, 5.41) is 3.56. The average molecular weight is 267 g/mol. The van der Waals surface area contributed by atoms with Gasteiger partial charge in [0.25, 0.3) is 0 Å². The highest BCUT2D eigenvalue weighted by molar-refractivity contribution is 5.36. The van der Waals surface area contributed by atoms with Crippen molar-refractivity contribution in [3.05, 3.63) is 69.8 Å². The van der Waals surface area contributed by atoms with Crippen LogP contribution in [-0.2, 0) is 13.0 Å². The van der Waals surface area contributed by atoms with Crippen LogP contribution in [0.15, 0.2) is 36.4 Å². The molecule has 1 heteroatoms. The molecule has 0 radical (unpaired) electrons. The monoisotopic (exact) mass is 267 g/mol. The molecule has 0 amide bonds. The Bertz CT molecular complexity index is 584. The fourth-order valence-electron chi connectivity index (χ4n) is 2.53. The topological polar surface area (TPSA) is 12.0 Å². The van der Waals surface area contributed by atoms with Gasteiger partial charge in [-0.15, -0.1) is 0 Å². The third-order valence-electron chi connectivity index (χ3n) is 3.94. The Morgan fingerprint density at radius 3 is 2.35 bits per heavy atom. The summed E-state index contributed by atoms with van der Waals surface area (Å²) in [5.41, 5.74) is 8.31. The number of hydrogen-bond donors (Lipinski definition) is 1. The van der Waals surface area contributed by atoms with Gasteiger partial charge in [-0.25, -0.2) is 0 Å². The highest BCUT2D eigenvalue weighted by atomic mass is 14.8. The van der Waals surface area contributed by atoms with Gasteiger partial charge in [0.05, 0.1) is 0 Å². The molecular weight excluding hydrogens is 242 g/mol. The molecular formula is C19H25N. The molecule has 106 valence electrons. The van der Waals surface area contributed by atoms with Crippen LogP contribution in [0.25, 0.3) is 0 Å². The molecule has 1 nitrogen and oxygen atoms in total. The number of rotatable bonds is 5. The minimum absolute atomic E-state index is 0.957. The number of benzene rings is 2. The van der Waals surface area contributed by atoms with Crippen LogP contribution in [0.5, 0.6) is 0 Å². The van der Waals surface area contributed by atoms with E-state index in [1.165, 1.54) is 33.4 Å². The normalized spacial score (nSPS) is 10.8. The van der Waals surface area contributed by atoms with E-state index in [1.807, 2.05) is 0 Å². The van der Waals surface area contributed by atoms with Crippen molar-refractivity contribution in [2.45, 2.75) is 40.7 Å². The average Bonchev–Trinajstić information content (AvgIpc) is 2.40. The van der Waals surface area contributed by atoms with E-state index in [0.717, 1.165) is 19.5 Å². The van der Waals surface area contributed by atoms with Crippen molar-refractivity contribution in [3.8, 4) is 0 Å². The Kier molecular flexibility index (Phi) is 4.97. The molecule has 20 heavy (non-hydrogen) atoms. The van der Waals surface area contributed by atoms with Crippen LogP contribution < -0.4 is 5.32 Å². The lowest BCUT2D eigenvalue weighted by Crippen LogP contribution is -2.17. The van der Waals surface area contributed by atoms with Crippen LogP contribution in [-0.4, -0.2) is 6.54 Å². The Morgan fingerprint density at radius 1 is 0.850 bits per heavy atom. The summed E-state index contributed by atoms with van der Waals surface area (Å²) in [6, 6.07) is 13.4. The molecule has 1 N–H and O–H groups in total. The molecule has 0 aliphatic heterocycles. The number of hydrogen-bond acceptors (Lipinski definition) is 1. The standard InChI is InChI=1S/C19H25N/c1-14-6-5-7-18(10-14)8-9-20-13-19-12-16(3)15(2)11-17(19)4/h5-7,10-12,20H,8-9,13H2,1-4H3. The van der Waals surface area contributed by atoms with E-state index in [1.54, 1.807) is 0 Å². The lowest BCUT2D eigenvalue weighted by molar-refractivity contribution is 0.684. The van der Waals surface area contributed by atoms with Gasteiger partial charge in [-0.3, -0.25) is 0 Å². The quantitative estimate of drug-likeness (QED) is 0.798. The Morgan fingerprint density at radius 2 is 1.60 bits per heavy atom. The van der Waals surface area contributed by atoms with Gasteiger partial charge in [-0.2, -0.15) is 0 Å². The zero-order valence-electron chi connectivity index (χ0n) is 13.1. The number of nitrogens with one attached hydrogen (secondary N) is 1. The third kappa shape index (κ3) is 3.94. The summed E-state index contributed by atoms with van der Waals surface area (Å²) >= 11 is 0. The smallest absolute Gasteiger partial charge is 0.0208 e. The molecule has 0 aromatic heterocycles. The van der Waals surface area contributed by atoms with Crippen LogP contribution >= 0.6 is 0 Å². The van der Waals surface area contributed by atoms with Gasteiger partial charge >= 0.3 is 0 Å². The van der Waals surface area contributed by atoms with Gasteiger partial charge < -0.3 is 5.32 Å². The molecule has 0 saturated carbocycles. The van der Waals surface area contributed by atoms with Gasteiger partial charge in [0.2, 0.25) is 0 Å². The summed E-state index contributed by atoms with van der Waals surface area (Å²) in [6.45, 7) is 10.7. The second-order valence-corrected chi connectivity index (χ2v) is 5.78. The fraction of sp³-hybridized carbons (Fsp3) is 0.368. The van der Waals surface area contributed by atoms with Crippen molar-refractivity contribution in [3.63, 3.8) is 0 Å². The van der Waals surface area contributed by atoms with E-state index in [4.69, 9.17) is 0 Å². The minimum atomic E-state index is 0.957. The van der Waals surface area contributed by atoms with Crippen LogP contribution in [0.4, 0.5) is 0 Å². The molecule has 0 spiro atoms. The molecule has 2 aromatic rings. The maximum Gasteiger partial charge on any atom is 0.0208 e. The van der Waals surface area contributed by atoms with Crippen LogP contribution in [0.2, 0.25) is 0 Å². The van der Waals surface area contributed by atoms with Crippen molar-refractivity contribution in [1.29, 1.82) is 0 Å². The van der Waals surface area contributed by atoms with Crippen molar-refractivity contribution < 1.29 is 0 Å². The van der Waals surface area contributed by atoms with E-state index in [-0.39, 0.29) is 0 Å². The molecule has 0 unspecified atom stereocenters. The first kappa shape index (κ1) is 14.8. The maximum absolute atomic E-state index is 3.56. The molecule has 0 atom stereocenters. The van der Waals surface area contributed by atoms with E-state index in [9.17, 15) is 0 Å². The summed E-state index contributed by atoms with van der Waals surface area (Å²) in [6.07, 6.45) is 1.09. The van der Waals surface area contributed by atoms with Gasteiger partial charge in [-0.05, 0) is 68.5 Å². The van der Waals surface area contributed by atoms with Crippen LogP contribution in [0.1, 0.15) is 33.4 Å². The van der Waals surface area contributed by atoms with Gasteiger partial charge in [0.15, 0.2) is 0 Å². The van der Waals surface area contributed by atoms with E-state index >= 15 is 0 Å². The predicted octanol–water partition coefficient (Wildman–Crippen LogP) is 4.25. The van der Waals surface area contributed by atoms with E-state index in [0.29, 0.717) is 0 Å². The summed E-state index contributed by atoms with van der Waals surface area (Å²) in [5.74, 6) is 0.